The van der Waals surface area contributed by atoms with Gasteiger partial charge in [-0.15, -0.1) is 0 Å². The smallest absolute Gasteiger partial charge is 0.0939 e. The predicted molar refractivity (Wildman–Crippen MR) is 102 cm³/mol. The molecule has 2 aromatic carbocycles. The van der Waals surface area contributed by atoms with Crippen LogP contribution >= 0.6 is 0 Å². The Balaban J connectivity index is 1.70. The molecular formula is C22H22N2. The van der Waals surface area contributed by atoms with Gasteiger partial charge in [-0.2, -0.15) is 0 Å². The van der Waals surface area contributed by atoms with Gasteiger partial charge in [-0.25, -0.2) is 0 Å². The van der Waals surface area contributed by atoms with Gasteiger partial charge in [0, 0.05) is 11.6 Å². The molecule has 0 radical (unpaired) electrons. The van der Waals surface area contributed by atoms with Crippen LogP contribution in [0.15, 0.2) is 60.8 Å². The van der Waals surface area contributed by atoms with Crippen LogP contribution in [0, 0.1) is 0 Å². The fourth-order valence-electron chi connectivity index (χ4n) is 3.24. The third-order valence-corrected chi connectivity index (χ3v) is 4.71. The summed E-state index contributed by atoms with van der Waals surface area (Å²) < 4.78 is 0. The van der Waals surface area contributed by atoms with Crippen molar-refractivity contribution in [2.24, 2.45) is 0 Å². The molecule has 2 heteroatoms. The van der Waals surface area contributed by atoms with Crippen molar-refractivity contribution in [1.82, 2.24) is 4.98 Å². The fourth-order valence-corrected chi connectivity index (χ4v) is 3.24. The van der Waals surface area contributed by atoms with Crippen LogP contribution in [0.1, 0.15) is 43.5 Å². The minimum Gasteiger partial charge on any atom is -0.372 e. The molecule has 0 saturated carbocycles. The zero-order valence-corrected chi connectivity index (χ0v) is 14.4. The van der Waals surface area contributed by atoms with Crippen molar-refractivity contribution in [2.75, 3.05) is 5.32 Å². The minimum absolute atomic E-state index is 0.180. The van der Waals surface area contributed by atoms with E-state index in [4.69, 9.17) is 0 Å². The van der Waals surface area contributed by atoms with Crippen molar-refractivity contribution < 1.29 is 0 Å². The van der Waals surface area contributed by atoms with Gasteiger partial charge >= 0.3 is 0 Å². The zero-order chi connectivity index (χ0) is 16.7. The van der Waals surface area contributed by atoms with Gasteiger partial charge in [-0.05, 0) is 28.2 Å². The molecule has 2 nitrogen and oxygen atoms in total. The number of rotatable bonds is 1. The highest BCUT2D eigenvalue weighted by Gasteiger charge is 2.18. The molecular weight excluding hydrogens is 292 g/mol. The molecule has 1 N–H and O–H groups in total. The number of benzene rings is 2. The van der Waals surface area contributed by atoms with Crippen LogP contribution in [0.4, 0.5) is 5.69 Å². The summed E-state index contributed by atoms with van der Waals surface area (Å²) in [6.45, 7) is 6.73. The van der Waals surface area contributed by atoms with Crippen LogP contribution in [0.2, 0.25) is 0 Å². The molecule has 120 valence electrons. The van der Waals surface area contributed by atoms with Crippen molar-refractivity contribution in [3.63, 3.8) is 0 Å². The summed E-state index contributed by atoms with van der Waals surface area (Å²) in [6.07, 6.45) is 6.28. The van der Waals surface area contributed by atoms with Gasteiger partial charge in [-0.3, -0.25) is 4.98 Å². The van der Waals surface area contributed by atoms with Crippen molar-refractivity contribution >= 4 is 22.7 Å². The van der Waals surface area contributed by atoms with Gasteiger partial charge < -0.3 is 5.32 Å². The molecule has 1 atom stereocenters. The molecule has 3 aromatic rings. The summed E-state index contributed by atoms with van der Waals surface area (Å²) in [5.74, 6) is 0. The van der Waals surface area contributed by atoms with Crippen molar-refractivity contribution in [3.05, 3.63) is 77.5 Å². The van der Waals surface area contributed by atoms with Crippen LogP contribution in [0.25, 0.3) is 17.0 Å². The maximum absolute atomic E-state index is 4.57. The van der Waals surface area contributed by atoms with Gasteiger partial charge in [0.2, 0.25) is 0 Å². The summed E-state index contributed by atoms with van der Waals surface area (Å²) in [6, 6.07) is 17.5. The first-order valence-corrected chi connectivity index (χ1v) is 8.45. The summed E-state index contributed by atoms with van der Waals surface area (Å²) in [5, 5.41) is 4.83. The van der Waals surface area contributed by atoms with Crippen molar-refractivity contribution in [1.29, 1.82) is 0 Å². The van der Waals surface area contributed by atoms with Crippen LogP contribution in [-0.4, -0.2) is 4.98 Å². The molecule has 0 fully saturated rings. The lowest BCUT2D eigenvalue weighted by Gasteiger charge is -2.25. The van der Waals surface area contributed by atoms with E-state index in [1.165, 1.54) is 22.1 Å². The average molecular weight is 314 g/mol. The lowest BCUT2D eigenvalue weighted by molar-refractivity contribution is 0.590. The third-order valence-electron chi connectivity index (χ3n) is 4.71. The molecule has 0 aliphatic carbocycles. The lowest BCUT2D eigenvalue weighted by Crippen LogP contribution is -2.14. The quantitative estimate of drug-likeness (QED) is 0.622. The fraction of sp³-hybridized carbons (Fsp3) is 0.227. The maximum Gasteiger partial charge on any atom is 0.0939 e. The zero-order valence-electron chi connectivity index (χ0n) is 14.4. The predicted octanol–water partition coefficient (Wildman–Crippen LogP) is 5.71. The highest BCUT2D eigenvalue weighted by molar-refractivity contribution is 5.96. The largest absolute Gasteiger partial charge is 0.372 e. The van der Waals surface area contributed by atoms with E-state index in [9.17, 15) is 0 Å². The van der Waals surface area contributed by atoms with E-state index >= 15 is 0 Å². The second-order valence-corrected chi connectivity index (χ2v) is 7.46. The molecule has 0 spiro atoms. The minimum atomic E-state index is 0.180. The average Bonchev–Trinajstić information content (AvgIpc) is 2.60. The van der Waals surface area contributed by atoms with Gasteiger partial charge in [0.15, 0.2) is 0 Å². The number of nitrogens with zero attached hydrogens (tertiary/aromatic N) is 1. The first-order valence-electron chi connectivity index (χ1n) is 8.45. The van der Waals surface area contributed by atoms with E-state index in [0.29, 0.717) is 0 Å². The van der Waals surface area contributed by atoms with Gasteiger partial charge in [0.1, 0.15) is 0 Å². The first kappa shape index (κ1) is 14.9. The normalized spacial score (nSPS) is 16.7. The van der Waals surface area contributed by atoms with E-state index in [0.717, 1.165) is 11.2 Å². The van der Waals surface area contributed by atoms with E-state index in [1.54, 1.807) is 0 Å². The van der Waals surface area contributed by atoms with Gasteiger partial charge in [0.25, 0.3) is 0 Å². The molecule has 1 aliphatic heterocycles. The molecule has 4 rings (SSSR count). The van der Waals surface area contributed by atoms with Gasteiger partial charge in [-0.1, -0.05) is 75.4 Å². The third kappa shape index (κ3) is 2.58. The van der Waals surface area contributed by atoms with E-state index in [2.05, 4.69) is 85.7 Å². The molecule has 1 aromatic heterocycles. The Kier molecular flexibility index (Phi) is 3.42. The molecule has 0 bridgehead atoms. The number of pyridine rings is 1. The number of fused-ring (bicyclic) bond motifs is 3. The Morgan fingerprint density at radius 2 is 1.75 bits per heavy atom. The van der Waals surface area contributed by atoms with E-state index in [1.807, 2.05) is 12.3 Å². The monoisotopic (exact) mass is 314 g/mol. The molecule has 1 aliphatic rings. The highest BCUT2D eigenvalue weighted by Crippen LogP contribution is 2.35. The van der Waals surface area contributed by atoms with E-state index < -0.39 is 0 Å². The second kappa shape index (κ2) is 5.48. The molecule has 0 saturated heterocycles. The van der Waals surface area contributed by atoms with Crippen LogP contribution in [0.3, 0.4) is 0 Å². The standard InChI is InChI=1S/C22H22N2/c1-22(2,3)18-11-8-15(9-12-18)19-13-10-17-7-6-16-5-4-14-23-20(16)21(17)24-19/h4-14,19,24H,1-3H3. The molecule has 2 heterocycles. The van der Waals surface area contributed by atoms with Crippen LogP contribution in [0.5, 0.6) is 0 Å². The molecule has 1 unspecified atom stereocenters. The summed E-state index contributed by atoms with van der Waals surface area (Å²) in [5.41, 5.74) is 6.18. The lowest BCUT2D eigenvalue weighted by atomic mass is 9.86. The van der Waals surface area contributed by atoms with Gasteiger partial charge in [0.05, 0.1) is 17.2 Å². The molecule has 24 heavy (non-hydrogen) atoms. The summed E-state index contributed by atoms with van der Waals surface area (Å²) in [7, 11) is 0. The SMILES string of the molecule is CC(C)(C)c1ccc(C2C=Cc3ccc4cccnc4c3N2)cc1. The topological polar surface area (TPSA) is 24.9 Å². The highest BCUT2D eigenvalue weighted by atomic mass is 14.9. The Hall–Kier alpha value is -2.61. The van der Waals surface area contributed by atoms with Crippen molar-refractivity contribution in [3.8, 4) is 0 Å². The molecule has 0 amide bonds. The second-order valence-electron chi connectivity index (χ2n) is 7.46. The maximum atomic E-state index is 4.57. The van der Waals surface area contributed by atoms with Crippen LogP contribution in [-0.2, 0) is 5.41 Å². The van der Waals surface area contributed by atoms with E-state index in [-0.39, 0.29) is 11.5 Å². The summed E-state index contributed by atoms with van der Waals surface area (Å²) in [4.78, 5) is 4.57. The van der Waals surface area contributed by atoms with Crippen molar-refractivity contribution in [2.45, 2.75) is 32.2 Å². The Morgan fingerprint density at radius 3 is 2.50 bits per heavy atom. The Labute approximate surface area is 143 Å². The number of nitrogens with one attached hydrogen (secondary N) is 1. The number of aromatic nitrogens is 1. The Bertz CT molecular complexity index is 915. The Morgan fingerprint density at radius 1 is 0.958 bits per heavy atom. The number of hydrogen-bond acceptors (Lipinski definition) is 2. The number of hydrogen-bond donors (Lipinski definition) is 1. The van der Waals surface area contributed by atoms with Crippen LogP contribution < -0.4 is 5.32 Å². The number of anilines is 1. The first-order chi connectivity index (χ1) is 11.5. The summed E-state index contributed by atoms with van der Waals surface area (Å²) >= 11 is 0.